The van der Waals surface area contributed by atoms with E-state index in [9.17, 15) is 5.11 Å². The maximum absolute atomic E-state index is 9.78. The number of fused-ring (bicyclic) bond motifs is 1. The molecule has 0 bridgehead atoms. The molecular formula is C17H17NaO5. The van der Waals surface area contributed by atoms with E-state index >= 15 is 0 Å². The van der Waals surface area contributed by atoms with E-state index in [0.717, 1.165) is 11.1 Å². The third kappa shape index (κ3) is 3.75. The zero-order chi connectivity index (χ0) is 15.5. The SMILES string of the molecule is COc1ccc(/C=C\c2cc(OC)c3c(c2)OCO3)cc1O.[H-].[Na+]. The van der Waals surface area contributed by atoms with Gasteiger partial charge in [0.2, 0.25) is 12.5 Å². The van der Waals surface area contributed by atoms with Crippen LogP contribution in [0.2, 0.25) is 0 Å². The van der Waals surface area contributed by atoms with Gasteiger partial charge in [-0.15, -0.1) is 0 Å². The second-order valence-corrected chi connectivity index (χ2v) is 4.72. The Bertz CT molecular complexity index is 733. The Morgan fingerprint density at radius 1 is 1.00 bits per heavy atom. The number of rotatable bonds is 4. The molecule has 1 heterocycles. The molecule has 0 amide bonds. The first-order valence-electron chi connectivity index (χ1n) is 6.74. The second kappa shape index (κ2) is 7.64. The summed E-state index contributed by atoms with van der Waals surface area (Å²) in [6, 6.07) is 8.96. The normalized spacial score (nSPS) is 12.1. The van der Waals surface area contributed by atoms with Gasteiger partial charge in [0.1, 0.15) is 0 Å². The molecule has 1 N–H and O–H groups in total. The van der Waals surface area contributed by atoms with Crippen LogP contribution in [0.25, 0.3) is 12.2 Å². The maximum Gasteiger partial charge on any atom is 1.00 e. The number of benzene rings is 2. The van der Waals surface area contributed by atoms with E-state index in [1.165, 1.54) is 7.11 Å². The van der Waals surface area contributed by atoms with Gasteiger partial charge in [-0.2, -0.15) is 0 Å². The third-order valence-corrected chi connectivity index (χ3v) is 3.35. The molecule has 6 heteroatoms. The molecule has 0 fully saturated rings. The van der Waals surface area contributed by atoms with Crippen LogP contribution >= 0.6 is 0 Å². The summed E-state index contributed by atoms with van der Waals surface area (Å²) in [4.78, 5) is 0. The van der Waals surface area contributed by atoms with Gasteiger partial charge in [0.15, 0.2) is 23.0 Å². The number of aromatic hydroxyl groups is 1. The van der Waals surface area contributed by atoms with E-state index in [1.807, 2.05) is 30.4 Å². The largest absolute Gasteiger partial charge is 1.00 e. The second-order valence-electron chi connectivity index (χ2n) is 4.72. The Morgan fingerprint density at radius 2 is 1.74 bits per heavy atom. The van der Waals surface area contributed by atoms with Crippen LogP contribution in [-0.2, 0) is 0 Å². The first-order valence-corrected chi connectivity index (χ1v) is 6.74. The molecule has 0 atom stereocenters. The molecule has 0 aromatic heterocycles. The first-order chi connectivity index (χ1) is 10.7. The van der Waals surface area contributed by atoms with Crippen LogP contribution in [0.4, 0.5) is 0 Å². The molecule has 0 spiro atoms. The fraction of sp³-hybridized carbons (Fsp3) is 0.176. The van der Waals surface area contributed by atoms with Crippen molar-refractivity contribution in [3.8, 4) is 28.7 Å². The first kappa shape index (κ1) is 17.5. The van der Waals surface area contributed by atoms with E-state index < -0.39 is 0 Å². The molecule has 23 heavy (non-hydrogen) atoms. The van der Waals surface area contributed by atoms with Gasteiger partial charge < -0.3 is 25.5 Å². The topological polar surface area (TPSA) is 57.2 Å². The summed E-state index contributed by atoms with van der Waals surface area (Å²) in [5.41, 5.74) is 1.77. The van der Waals surface area contributed by atoms with Crippen molar-refractivity contribution < 1.29 is 55.0 Å². The van der Waals surface area contributed by atoms with Crippen LogP contribution in [0.5, 0.6) is 28.7 Å². The predicted molar refractivity (Wildman–Crippen MR) is 83.8 cm³/mol. The summed E-state index contributed by atoms with van der Waals surface area (Å²) in [6.45, 7) is 0.200. The molecule has 1 aliphatic heterocycles. The van der Waals surface area contributed by atoms with Gasteiger partial charge in [0.05, 0.1) is 14.2 Å². The molecule has 3 rings (SSSR count). The molecular weight excluding hydrogens is 307 g/mol. The fourth-order valence-electron chi connectivity index (χ4n) is 2.25. The summed E-state index contributed by atoms with van der Waals surface area (Å²) >= 11 is 0. The van der Waals surface area contributed by atoms with Crippen molar-refractivity contribution in [1.29, 1.82) is 0 Å². The number of phenolic OH excluding ortho intramolecular Hbond substituents is 1. The van der Waals surface area contributed by atoms with E-state index in [-0.39, 0.29) is 43.5 Å². The minimum atomic E-state index is 0. The molecule has 0 aliphatic carbocycles. The van der Waals surface area contributed by atoms with Crippen LogP contribution in [0, 0.1) is 0 Å². The van der Waals surface area contributed by atoms with Crippen LogP contribution in [0.15, 0.2) is 30.3 Å². The molecule has 2 aromatic rings. The van der Waals surface area contributed by atoms with Crippen molar-refractivity contribution in [2.24, 2.45) is 0 Å². The number of ether oxygens (including phenoxy) is 4. The van der Waals surface area contributed by atoms with Crippen molar-refractivity contribution in [3.05, 3.63) is 41.5 Å². The molecule has 0 saturated carbocycles. The Kier molecular flexibility index (Phi) is 5.82. The van der Waals surface area contributed by atoms with Gasteiger partial charge in [-0.25, -0.2) is 0 Å². The van der Waals surface area contributed by atoms with Crippen molar-refractivity contribution in [2.45, 2.75) is 0 Å². The van der Waals surface area contributed by atoms with Gasteiger partial charge in [-0.05, 0) is 35.4 Å². The van der Waals surface area contributed by atoms with Gasteiger partial charge in [-0.1, -0.05) is 18.2 Å². The average molecular weight is 324 g/mol. The summed E-state index contributed by atoms with van der Waals surface area (Å²) < 4.78 is 21.1. The van der Waals surface area contributed by atoms with Crippen molar-refractivity contribution >= 4 is 12.2 Å². The van der Waals surface area contributed by atoms with E-state index in [1.54, 1.807) is 19.2 Å². The molecule has 0 saturated heterocycles. The smallest absolute Gasteiger partial charge is 1.00 e. The number of hydrogen-bond donors (Lipinski definition) is 1. The standard InChI is InChI=1S/C17H16O5.Na.H/c1-19-14-6-5-11(7-13(14)18)3-4-12-8-15(20-2)17-16(9-12)21-10-22-17;;/h3-9,18H,10H2,1-2H3;;/q;+1;-1/b4-3-;;. The van der Waals surface area contributed by atoms with E-state index in [0.29, 0.717) is 23.0 Å². The zero-order valence-corrected chi connectivity index (χ0v) is 15.3. The quantitative estimate of drug-likeness (QED) is 0.653. The molecule has 2 aromatic carbocycles. The van der Waals surface area contributed by atoms with E-state index in [2.05, 4.69) is 0 Å². The Labute approximate surface area is 158 Å². The van der Waals surface area contributed by atoms with Crippen molar-refractivity contribution in [3.63, 3.8) is 0 Å². The molecule has 0 radical (unpaired) electrons. The van der Waals surface area contributed by atoms with Crippen LogP contribution in [0.3, 0.4) is 0 Å². The Balaban J connectivity index is 0.00000144. The third-order valence-electron chi connectivity index (χ3n) is 3.35. The molecule has 5 nitrogen and oxygen atoms in total. The minimum absolute atomic E-state index is 0. The van der Waals surface area contributed by atoms with Gasteiger partial charge in [-0.3, -0.25) is 0 Å². The van der Waals surface area contributed by atoms with Crippen LogP contribution < -0.4 is 48.5 Å². The Morgan fingerprint density at radius 3 is 2.43 bits per heavy atom. The molecule has 0 unspecified atom stereocenters. The Hall–Kier alpha value is -1.82. The number of phenols is 1. The predicted octanol–water partition coefficient (Wildman–Crippen LogP) is 0.425. The van der Waals surface area contributed by atoms with E-state index in [4.69, 9.17) is 18.9 Å². The molecule has 1 aliphatic rings. The van der Waals surface area contributed by atoms with Gasteiger partial charge >= 0.3 is 29.6 Å². The number of methoxy groups -OCH3 is 2. The van der Waals surface area contributed by atoms with Crippen molar-refractivity contribution in [1.82, 2.24) is 0 Å². The monoisotopic (exact) mass is 324 g/mol. The summed E-state index contributed by atoms with van der Waals surface area (Å²) in [5, 5.41) is 9.78. The zero-order valence-electron chi connectivity index (χ0n) is 14.3. The summed E-state index contributed by atoms with van der Waals surface area (Å²) in [6.07, 6.45) is 3.79. The molecule has 116 valence electrons. The van der Waals surface area contributed by atoms with Crippen LogP contribution in [0.1, 0.15) is 12.6 Å². The van der Waals surface area contributed by atoms with Gasteiger partial charge in [0.25, 0.3) is 0 Å². The van der Waals surface area contributed by atoms with Crippen molar-refractivity contribution in [2.75, 3.05) is 21.0 Å². The average Bonchev–Trinajstić information content (AvgIpc) is 3.00. The number of hydrogen-bond acceptors (Lipinski definition) is 5. The van der Waals surface area contributed by atoms with Gasteiger partial charge in [0, 0.05) is 0 Å². The summed E-state index contributed by atoms with van der Waals surface area (Å²) in [7, 11) is 3.11. The van der Waals surface area contributed by atoms with Crippen LogP contribution in [-0.4, -0.2) is 26.1 Å². The minimum Gasteiger partial charge on any atom is -1.00 e. The summed E-state index contributed by atoms with van der Waals surface area (Å²) in [5.74, 6) is 2.47. The fourth-order valence-corrected chi connectivity index (χ4v) is 2.25. The maximum atomic E-state index is 9.78.